The van der Waals surface area contributed by atoms with E-state index in [1.807, 2.05) is 42.5 Å². The Balaban J connectivity index is 2.31. The molecule has 0 saturated carbocycles. The summed E-state index contributed by atoms with van der Waals surface area (Å²) in [6.07, 6.45) is 0. The first-order chi connectivity index (χ1) is 9.31. The van der Waals surface area contributed by atoms with Crippen molar-refractivity contribution in [3.63, 3.8) is 0 Å². The number of hydrogen-bond donors (Lipinski definition) is 0. The van der Waals surface area contributed by atoms with Crippen molar-refractivity contribution in [1.29, 1.82) is 0 Å². The van der Waals surface area contributed by atoms with Crippen LogP contribution in [0.25, 0.3) is 0 Å². The van der Waals surface area contributed by atoms with Crippen LogP contribution in [-0.4, -0.2) is 12.6 Å². The Labute approximate surface area is 113 Å². The molecule has 0 aliphatic carbocycles. The fraction of sp³-hybridized carbons (Fsp3) is 0.118. The zero-order valence-corrected chi connectivity index (χ0v) is 10.7. The molecule has 19 heavy (non-hydrogen) atoms. The summed E-state index contributed by atoms with van der Waals surface area (Å²) in [5.41, 5.74) is 2.11. The minimum atomic E-state index is -0.333. The van der Waals surface area contributed by atoms with Gasteiger partial charge in [0.05, 0.1) is 12.2 Å². The summed E-state index contributed by atoms with van der Waals surface area (Å²) in [5.74, 6) is 5.73. The van der Waals surface area contributed by atoms with E-state index in [4.69, 9.17) is 4.74 Å². The molecule has 0 aliphatic heterocycles. The Kier molecular flexibility index (Phi) is 4.36. The Morgan fingerprint density at radius 3 is 2.42 bits per heavy atom. The molecule has 0 saturated heterocycles. The third-order valence-electron chi connectivity index (χ3n) is 2.54. The highest BCUT2D eigenvalue weighted by Gasteiger charge is 2.09. The van der Waals surface area contributed by atoms with Crippen molar-refractivity contribution in [3.8, 4) is 11.8 Å². The Morgan fingerprint density at radius 2 is 1.68 bits per heavy atom. The topological polar surface area (TPSA) is 26.3 Å². The van der Waals surface area contributed by atoms with E-state index in [1.54, 1.807) is 19.1 Å². The maximum absolute atomic E-state index is 11.8. The van der Waals surface area contributed by atoms with Crippen molar-refractivity contribution in [2.45, 2.75) is 6.92 Å². The van der Waals surface area contributed by atoms with Gasteiger partial charge in [0.1, 0.15) is 0 Å². The van der Waals surface area contributed by atoms with Gasteiger partial charge >= 0.3 is 5.97 Å². The van der Waals surface area contributed by atoms with Crippen molar-refractivity contribution in [3.05, 3.63) is 71.3 Å². The second-order valence-electron chi connectivity index (χ2n) is 3.88. The first-order valence-electron chi connectivity index (χ1n) is 6.14. The van der Waals surface area contributed by atoms with Crippen molar-refractivity contribution >= 4 is 5.97 Å². The summed E-state index contributed by atoms with van der Waals surface area (Å²) in [7, 11) is 0. The smallest absolute Gasteiger partial charge is 0.339 e. The molecule has 2 nitrogen and oxygen atoms in total. The predicted octanol–water partition coefficient (Wildman–Crippen LogP) is 3.26. The molecule has 2 aromatic rings. The van der Waals surface area contributed by atoms with E-state index in [2.05, 4.69) is 11.8 Å². The largest absolute Gasteiger partial charge is 0.462 e. The van der Waals surface area contributed by atoms with Gasteiger partial charge in [0.15, 0.2) is 0 Å². The molecule has 0 spiro atoms. The van der Waals surface area contributed by atoms with Crippen LogP contribution in [0.2, 0.25) is 0 Å². The molecular formula is C17H14O2. The number of rotatable bonds is 2. The van der Waals surface area contributed by atoms with Crippen LogP contribution in [0.5, 0.6) is 0 Å². The number of carbonyl (C=O) groups excluding carboxylic acids is 1. The zero-order chi connectivity index (χ0) is 13.5. The highest BCUT2D eigenvalue weighted by molar-refractivity contribution is 5.92. The van der Waals surface area contributed by atoms with Crippen LogP contribution in [0.15, 0.2) is 54.6 Å². The molecule has 0 fully saturated rings. The first kappa shape index (κ1) is 12.9. The van der Waals surface area contributed by atoms with E-state index in [-0.39, 0.29) is 5.97 Å². The van der Waals surface area contributed by atoms with E-state index >= 15 is 0 Å². The maximum Gasteiger partial charge on any atom is 0.339 e. The van der Waals surface area contributed by atoms with Gasteiger partial charge in [-0.15, -0.1) is 0 Å². The lowest BCUT2D eigenvalue weighted by molar-refractivity contribution is 0.0526. The summed E-state index contributed by atoms with van der Waals surface area (Å²) in [4.78, 5) is 11.8. The number of carbonyl (C=O) groups is 1. The lowest BCUT2D eigenvalue weighted by atomic mass is 10.1. The van der Waals surface area contributed by atoms with E-state index in [1.165, 1.54) is 0 Å². The Hall–Kier alpha value is -2.53. The van der Waals surface area contributed by atoms with Gasteiger partial charge in [-0.1, -0.05) is 42.2 Å². The van der Waals surface area contributed by atoms with Gasteiger partial charge in [-0.2, -0.15) is 0 Å². The van der Waals surface area contributed by atoms with Crippen molar-refractivity contribution in [2.24, 2.45) is 0 Å². The maximum atomic E-state index is 11.8. The van der Waals surface area contributed by atoms with Gasteiger partial charge < -0.3 is 4.74 Å². The number of hydrogen-bond acceptors (Lipinski definition) is 2. The van der Waals surface area contributed by atoms with Crippen LogP contribution >= 0.6 is 0 Å². The molecule has 0 aromatic heterocycles. The van der Waals surface area contributed by atoms with Gasteiger partial charge in [-0.05, 0) is 31.2 Å². The standard InChI is InChI=1S/C17H14O2/c1-2-19-17(18)16-11-7-6-10-15(16)13-12-14-8-4-3-5-9-14/h3-11H,2H2,1H3. The van der Waals surface area contributed by atoms with Gasteiger partial charge in [0.25, 0.3) is 0 Å². The van der Waals surface area contributed by atoms with Crippen molar-refractivity contribution < 1.29 is 9.53 Å². The summed E-state index contributed by atoms with van der Waals surface area (Å²) < 4.78 is 5.01. The van der Waals surface area contributed by atoms with Crippen molar-refractivity contribution in [1.82, 2.24) is 0 Å². The van der Waals surface area contributed by atoms with Gasteiger partial charge in [-0.3, -0.25) is 0 Å². The average Bonchev–Trinajstić information content (AvgIpc) is 2.47. The van der Waals surface area contributed by atoms with Crippen LogP contribution in [0.3, 0.4) is 0 Å². The zero-order valence-electron chi connectivity index (χ0n) is 10.7. The minimum Gasteiger partial charge on any atom is -0.462 e. The molecule has 0 unspecified atom stereocenters. The fourth-order valence-electron chi connectivity index (χ4n) is 1.64. The average molecular weight is 250 g/mol. The Morgan fingerprint density at radius 1 is 1.00 bits per heavy atom. The van der Waals surface area contributed by atoms with Crippen LogP contribution in [0.4, 0.5) is 0 Å². The van der Waals surface area contributed by atoms with Gasteiger partial charge in [0, 0.05) is 11.1 Å². The molecule has 0 atom stereocenters. The molecule has 0 amide bonds. The normalized spacial score (nSPS) is 9.32. The molecule has 2 heteroatoms. The molecule has 0 radical (unpaired) electrons. The molecule has 94 valence electrons. The summed E-state index contributed by atoms with van der Waals surface area (Å²) >= 11 is 0. The first-order valence-corrected chi connectivity index (χ1v) is 6.14. The van der Waals surface area contributed by atoms with Crippen LogP contribution in [0, 0.1) is 11.8 Å². The second kappa shape index (κ2) is 6.42. The molecule has 2 aromatic carbocycles. The van der Waals surface area contributed by atoms with Crippen molar-refractivity contribution in [2.75, 3.05) is 6.61 Å². The molecule has 0 heterocycles. The Bertz CT molecular complexity index is 618. The number of benzene rings is 2. The fourth-order valence-corrected chi connectivity index (χ4v) is 1.64. The quantitative estimate of drug-likeness (QED) is 0.604. The third kappa shape index (κ3) is 3.46. The second-order valence-corrected chi connectivity index (χ2v) is 3.88. The van der Waals surface area contributed by atoms with E-state index in [0.29, 0.717) is 17.7 Å². The third-order valence-corrected chi connectivity index (χ3v) is 2.54. The van der Waals surface area contributed by atoms with E-state index in [9.17, 15) is 4.79 Å². The van der Waals surface area contributed by atoms with E-state index < -0.39 is 0 Å². The predicted molar refractivity (Wildman–Crippen MR) is 74.8 cm³/mol. The highest BCUT2D eigenvalue weighted by atomic mass is 16.5. The van der Waals surface area contributed by atoms with Crippen LogP contribution in [-0.2, 0) is 4.74 Å². The highest BCUT2D eigenvalue weighted by Crippen LogP contribution is 2.09. The van der Waals surface area contributed by atoms with Gasteiger partial charge in [-0.25, -0.2) is 4.79 Å². The summed E-state index contributed by atoms with van der Waals surface area (Å²) in [6, 6.07) is 16.9. The molecule has 0 aliphatic rings. The molecule has 2 rings (SSSR count). The molecule has 0 bridgehead atoms. The monoisotopic (exact) mass is 250 g/mol. The van der Waals surface area contributed by atoms with Crippen LogP contribution < -0.4 is 0 Å². The van der Waals surface area contributed by atoms with Gasteiger partial charge in [0.2, 0.25) is 0 Å². The molecule has 0 N–H and O–H groups in total. The lowest BCUT2D eigenvalue weighted by Crippen LogP contribution is -2.06. The number of ether oxygens (including phenoxy) is 1. The van der Waals surface area contributed by atoms with E-state index in [0.717, 1.165) is 5.56 Å². The summed E-state index contributed by atoms with van der Waals surface area (Å²) in [5, 5.41) is 0. The molecular weight excluding hydrogens is 236 g/mol. The SMILES string of the molecule is CCOC(=O)c1ccccc1C#Cc1ccccc1. The number of esters is 1. The van der Waals surface area contributed by atoms with Crippen LogP contribution in [0.1, 0.15) is 28.4 Å². The summed E-state index contributed by atoms with van der Waals surface area (Å²) in [6.45, 7) is 2.15. The lowest BCUT2D eigenvalue weighted by Gasteiger charge is -2.03. The minimum absolute atomic E-state index is 0.333.